The number of aryl methyl sites for hydroxylation is 1. The van der Waals surface area contributed by atoms with E-state index in [-0.39, 0.29) is 18.5 Å². The summed E-state index contributed by atoms with van der Waals surface area (Å²) in [4.78, 5) is 23.8. The van der Waals surface area contributed by atoms with Crippen molar-refractivity contribution in [2.45, 2.75) is 26.7 Å². The second-order valence-corrected chi connectivity index (χ2v) is 6.57. The van der Waals surface area contributed by atoms with Gasteiger partial charge in [-0.15, -0.1) is 0 Å². The second kappa shape index (κ2) is 9.97. The monoisotopic (exact) mass is 419 g/mol. The molecule has 26 heavy (non-hydrogen) atoms. The highest BCUT2D eigenvalue weighted by molar-refractivity contribution is 9.10. The Labute approximate surface area is 161 Å². The molecular formula is C20H22BrNO4. The highest BCUT2D eigenvalue weighted by Gasteiger charge is 2.09. The summed E-state index contributed by atoms with van der Waals surface area (Å²) < 4.78 is 11.7. The molecule has 2 aromatic carbocycles. The van der Waals surface area contributed by atoms with E-state index < -0.39 is 0 Å². The van der Waals surface area contributed by atoms with E-state index in [1.54, 1.807) is 24.3 Å². The van der Waals surface area contributed by atoms with Crippen LogP contribution < -0.4 is 10.1 Å². The van der Waals surface area contributed by atoms with Gasteiger partial charge in [0.2, 0.25) is 0 Å². The van der Waals surface area contributed by atoms with E-state index in [2.05, 4.69) is 21.2 Å². The molecule has 138 valence electrons. The fraction of sp³-hybridized carbons (Fsp3) is 0.300. The van der Waals surface area contributed by atoms with E-state index >= 15 is 0 Å². The zero-order valence-corrected chi connectivity index (χ0v) is 16.5. The molecule has 5 nitrogen and oxygen atoms in total. The third kappa shape index (κ3) is 5.88. The van der Waals surface area contributed by atoms with Crippen LogP contribution in [0.15, 0.2) is 46.9 Å². The van der Waals surface area contributed by atoms with Crippen molar-refractivity contribution in [3.8, 4) is 5.75 Å². The smallest absolute Gasteiger partial charge is 0.338 e. The third-order valence-corrected chi connectivity index (χ3v) is 4.10. The van der Waals surface area contributed by atoms with Gasteiger partial charge in [-0.2, -0.15) is 0 Å². The number of carbonyl (C=O) groups excluding carboxylic acids is 2. The van der Waals surface area contributed by atoms with Crippen LogP contribution in [0.4, 0.5) is 5.69 Å². The van der Waals surface area contributed by atoms with E-state index in [4.69, 9.17) is 9.47 Å². The van der Waals surface area contributed by atoms with Gasteiger partial charge in [0.05, 0.1) is 12.2 Å². The van der Waals surface area contributed by atoms with Crippen LogP contribution in [-0.4, -0.2) is 25.1 Å². The van der Waals surface area contributed by atoms with Crippen molar-refractivity contribution in [1.29, 1.82) is 0 Å². The molecule has 0 aliphatic carbocycles. The Balaban J connectivity index is 1.89. The quantitative estimate of drug-likeness (QED) is 0.635. The molecule has 0 atom stereocenters. The van der Waals surface area contributed by atoms with Gasteiger partial charge < -0.3 is 14.8 Å². The summed E-state index contributed by atoms with van der Waals surface area (Å²) in [5.41, 5.74) is 2.08. The van der Waals surface area contributed by atoms with Crippen molar-refractivity contribution in [2.75, 3.05) is 18.5 Å². The van der Waals surface area contributed by atoms with E-state index in [0.717, 1.165) is 22.9 Å². The number of nitrogens with one attached hydrogen (secondary N) is 1. The van der Waals surface area contributed by atoms with Gasteiger partial charge in [-0.25, -0.2) is 4.79 Å². The number of ether oxygens (including phenoxy) is 2. The summed E-state index contributed by atoms with van der Waals surface area (Å²) in [5, 5.41) is 2.75. The molecular weight excluding hydrogens is 398 g/mol. The zero-order chi connectivity index (χ0) is 18.9. The summed E-state index contributed by atoms with van der Waals surface area (Å²) in [7, 11) is 0. The first-order chi connectivity index (χ1) is 12.5. The summed E-state index contributed by atoms with van der Waals surface area (Å²) in [5.74, 6) is 0.0616. The van der Waals surface area contributed by atoms with Crippen LogP contribution in [0.2, 0.25) is 0 Å². The van der Waals surface area contributed by atoms with Crippen molar-refractivity contribution in [3.63, 3.8) is 0 Å². The Bertz CT molecular complexity index is 759. The van der Waals surface area contributed by atoms with Crippen LogP contribution in [0.3, 0.4) is 0 Å². The van der Waals surface area contributed by atoms with Crippen molar-refractivity contribution in [1.82, 2.24) is 0 Å². The first kappa shape index (κ1) is 20.0. The Kier molecular flexibility index (Phi) is 7.66. The second-order valence-electron chi connectivity index (χ2n) is 5.66. The molecule has 2 rings (SSSR count). The molecule has 0 unspecified atom stereocenters. The molecule has 0 heterocycles. The Morgan fingerprint density at radius 2 is 1.81 bits per heavy atom. The summed E-state index contributed by atoms with van der Waals surface area (Å²) in [6, 6.07) is 12.3. The molecule has 0 saturated heterocycles. The van der Waals surface area contributed by atoms with Crippen molar-refractivity contribution >= 4 is 33.5 Å². The summed E-state index contributed by atoms with van der Waals surface area (Å²) in [6.45, 7) is 4.27. The minimum atomic E-state index is -0.365. The standard InChI is InChI=1S/C20H22BrNO4/c1-3-11-25-20(24)15-5-8-17(9-6-15)22-19(23)13-26-18-10-7-16(21)12-14(18)4-2/h5-10,12H,3-4,11,13H2,1-2H3,(H,22,23). The van der Waals surface area contributed by atoms with E-state index in [9.17, 15) is 9.59 Å². The van der Waals surface area contributed by atoms with Gasteiger partial charge in [0, 0.05) is 10.2 Å². The molecule has 2 aromatic rings. The SMILES string of the molecule is CCCOC(=O)c1ccc(NC(=O)COc2ccc(Br)cc2CC)cc1. The van der Waals surface area contributed by atoms with Crippen molar-refractivity contribution in [2.24, 2.45) is 0 Å². The van der Waals surface area contributed by atoms with Gasteiger partial charge in [0.1, 0.15) is 5.75 Å². The lowest BCUT2D eigenvalue weighted by atomic mass is 10.1. The first-order valence-electron chi connectivity index (χ1n) is 8.51. The highest BCUT2D eigenvalue weighted by atomic mass is 79.9. The van der Waals surface area contributed by atoms with Crippen LogP contribution in [0, 0.1) is 0 Å². The predicted octanol–water partition coefficient (Wildman–Crippen LogP) is 4.60. The number of esters is 1. The molecule has 0 bridgehead atoms. The molecule has 0 saturated carbocycles. The summed E-state index contributed by atoms with van der Waals surface area (Å²) in [6.07, 6.45) is 1.59. The lowest BCUT2D eigenvalue weighted by Crippen LogP contribution is -2.20. The van der Waals surface area contributed by atoms with Crippen LogP contribution in [0.1, 0.15) is 36.2 Å². The molecule has 0 spiro atoms. The van der Waals surface area contributed by atoms with Gasteiger partial charge in [0.15, 0.2) is 6.61 Å². The van der Waals surface area contributed by atoms with Crippen LogP contribution in [0.5, 0.6) is 5.75 Å². The van der Waals surface area contributed by atoms with Gasteiger partial charge >= 0.3 is 5.97 Å². The maximum Gasteiger partial charge on any atom is 0.338 e. The van der Waals surface area contributed by atoms with E-state index in [1.807, 2.05) is 32.0 Å². The molecule has 0 aromatic heterocycles. The molecule has 1 amide bonds. The number of halogens is 1. The molecule has 0 fully saturated rings. The van der Waals surface area contributed by atoms with Crippen molar-refractivity contribution in [3.05, 3.63) is 58.1 Å². The Hall–Kier alpha value is -2.34. The average molecular weight is 420 g/mol. The third-order valence-electron chi connectivity index (χ3n) is 3.60. The topological polar surface area (TPSA) is 64.6 Å². The number of benzene rings is 2. The lowest BCUT2D eigenvalue weighted by molar-refractivity contribution is -0.118. The number of hydrogen-bond donors (Lipinski definition) is 1. The molecule has 0 aliphatic heterocycles. The maximum atomic E-state index is 12.1. The minimum absolute atomic E-state index is 0.0884. The number of rotatable bonds is 8. The average Bonchev–Trinajstić information content (AvgIpc) is 2.65. The number of hydrogen-bond acceptors (Lipinski definition) is 4. The molecule has 1 N–H and O–H groups in total. The normalized spacial score (nSPS) is 10.3. The Morgan fingerprint density at radius 3 is 2.46 bits per heavy atom. The van der Waals surface area contributed by atoms with Crippen LogP contribution in [0.25, 0.3) is 0 Å². The van der Waals surface area contributed by atoms with Crippen LogP contribution in [-0.2, 0) is 16.0 Å². The van der Waals surface area contributed by atoms with Crippen molar-refractivity contribution < 1.29 is 19.1 Å². The summed E-state index contributed by atoms with van der Waals surface area (Å²) >= 11 is 3.42. The van der Waals surface area contributed by atoms with Gasteiger partial charge in [0.25, 0.3) is 5.91 Å². The van der Waals surface area contributed by atoms with Gasteiger partial charge in [-0.3, -0.25) is 4.79 Å². The largest absolute Gasteiger partial charge is 0.483 e. The maximum absolute atomic E-state index is 12.1. The fourth-order valence-corrected chi connectivity index (χ4v) is 2.68. The number of amides is 1. The van der Waals surface area contributed by atoms with Crippen LogP contribution >= 0.6 is 15.9 Å². The molecule has 0 radical (unpaired) electrons. The number of anilines is 1. The van der Waals surface area contributed by atoms with E-state index in [1.165, 1.54) is 0 Å². The van der Waals surface area contributed by atoms with Gasteiger partial charge in [-0.1, -0.05) is 29.8 Å². The first-order valence-corrected chi connectivity index (χ1v) is 9.31. The lowest BCUT2D eigenvalue weighted by Gasteiger charge is -2.11. The number of carbonyl (C=O) groups is 2. The minimum Gasteiger partial charge on any atom is -0.483 e. The van der Waals surface area contributed by atoms with Gasteiger partial charge in [-0.05, 0) is 60.9 Å². The molecule has 0 aliphatic rings. The zero-order valence-electron chi connectivity index (χ0n) is 14.9. The fourth-order valence-electron chi connectivity index (χ4n) is 2.27. The molecule has 6 heteroatoms. The predicted molar refractivity (Wildman–Crippen MR) is 105 cm³/mol. The van der Waals surface area contributed by atoms with E-state index in [0.29, 0.717) is 23.6 Å². The Morgan fingerprint density at radius 1 is 1.08 bits per heavy atom. The highest BCUT2D eigenvalue weighted by Crippen LogP contribution is 2.23.